The molecule has 0 bridgehead atoms. The summed E-state index contributed by atoms with van der Waals surface area (Å²) >= 11 is 11.2. The first-order chi connectivity index (χ1) is 10.1. The fourth-order valence-corrected chi connectivity index (χ4v) is 2.26. The molecule has 0 saturated heterocycles. The van der Waals surface area contributed by atoms with Gasteiger partial charge in [0.25, 0.3) is 0 Å². The lowest BCUT2D eigenvalue weighted by atomic mass is 10.2. The van der Waals surface area contributed by atoms with Crippen molar-refractivity contribution < 1.29 is 0 Å². The summed E-state index contributed by atoms with van der Waals surface area (Å²) in [4.78, 5) is 0. The molecule has 0 fully saturated rings. The van der Waals surface area contributed by atoms with Gasteiger partial charge in [-0.2, -0.15) is 10.2 Å². The Morgan fingerprint density at radius 1 is 1.43 bits per heavy atom. The van der Waals surface area contributed by atoms with E-state index in [-0.39, 0.29) is 0 Å². The summed E-state index contributed by atoms with van der Waals surface area (Å²) in [6.45, 7) is 4.64. The summed E-state index contributed by atoms with van der Waals surface area (Å²) < 4.78 is 1.78. The third-order valence-corrected chi connectivity index (χ3v) is 3.33. The highest BCUT2D eigenvalue weighted by molar-refractivity contribution is 7.80. The Balaban J connectivity index is 2.20. The largest absolute Gasteiger partial charge is 0.362 e. The van der Waals surface area contributed by atoms with E-state index in [1.807, 2.05) is 44.2 Å². The smallest absolute Gasteiger partial charge is 0.186 e. The Morgan fingerprint density at radius 2 is 2.14 bits per heavy atom. The lowest BCUT2D eigenvalue weighted by molar-refractivity contribution is 0.847. The van der Waals surface area contributed by atoms with E-state index in [0.29, 0.717) is 10.3 Å². The van der Waals surface area contributed by atoms with Gasteiger partial charge in [-0.3, -0.25) is 5.43 Å². The number of benzene rings is 1. The molecule has 110 valence electrons. The normalized spacial score (nSPS) is 10.8. The van der Waals surface area contributed by atoms with Crippen molar-refractivity contribution >= 4 is 35.1 Å². The van der Waals surface area contributed by atoms with Crippen molar-refractivity contribution in [2.24, 2.45) is 5.10 Å². The minimum atomic E-state index is 0.399. The van der Waals surface area contributed by atoms with Crippen LogP contribution in [-0.4, -0.2) is 27.7 Å². The zero-order valence-electron chi connectivity index (χ0n) is 11.8. The number of halogens is 1. The van der Waals surface area contributed by atoms with E-state index in [4.69, 9.17) is 23.8 Å². The summed E-state index contributed by atoms with van der Waals surface area (Å²) in [5, 5.41) is 12.2. The third kappa shape index (κ3) is 3.80. The van der Waals surface area contributed by atoms with Crippen LogP contribution in [0.2, 0.25) is 5.15 Å². The Hall–Kier alpha value is -1.92. The zero-order valence-corrected chi connectivity index (χ0v) is 13.4. The second-order valence-electron chi connectivity index (χ2n) is 4.27. The van der Waals surface area contributed by atoms with Crippen LogP contribution in [0.1, 0.15) is 18.2 Å². The maximum atomic E-state index is 6.18. The van der Waals surface area contributed by atoms with Crippen molar-refractivity contribution in [3.8, 4) is 5.69 Å². The molecule has 1 aromatic carbocycles. The molecule has 0 aliphatic carbocycles. The van der Waals surface area contributed by atoms with Crippen molar-refractivity contribution in [1.82, 2.24) is 20.5 Å². The van der Waals surface area contributed by atoms with Crippen molar-refractivity contribution in [3.05, 3.63) is 46.7 Å². The molecular formula is C14H16ClN5S. The Labute approximate surface area is 134 Å². The van der Waals surface area contributed by atoms with Gasteiger partial charge in [0, 0.05) is 6.54 Å². The van der Waals surface area contributed by atoms with Crippen LogP contribution >= 0.6 is 23.8 Å². The first-order valence-electron chi connectivity index (χ1n) is 6.51. The van der Waals surface area contributed by atoms with Gasteiger partial charge < -0.3 is 5.32 Å². The molecule has 2 rings (SSSR count). The molecular weight excluding hydrogens is 306 g/mol. The molecule has 0 aliphatic rings. The lowest BCUT2D eigenvalue weighted by Crippen LogP contribution is -2.31. The number of thiocarbonyl (C=S) groups is 1. The standard InChI is InChI=1S/C14H16ClN5S/c1-3-16-14(21)18-17-9-12-10(2)20(19-13(12)15)11-7-5-4-6-8-11/h4-9H,3H2,1-2H3,(H2,16,18,21). The maximum absolute atomic E-state index is 6.18. The number of hydrogen-bond donors (Lipinski definition) is 2. The monoisotopic (exact) mass is 321 g/mol. The van der Waals surface area contributed by atoms with Crippen LogP contribution in [0.4, 0.5) is 0 Å². The van der Waals surface area contributed by atoms with Gasteiger partial charge in [0.05, 0.1) is 23.2 Å². The summed E-state index contributed by atoms with van der Waals surface area (Å²) in [6, 6.07) is 9.80. The van der Waals surface area contributed by atoms with Gasteiger partial charge in [-0.05, 0) is 38.2 Å². The fourth-order valence-electron chi connectivity index (χ4n) is 1.80. The highest BCUT2D eigenvalue weighted by Crippen LogP contribution is 2.20. The molecule has 7 heteroatoms. The average molecular weight is 322 g/mol. The predicted octanol–water partition coefficient (Wildman–Crippen LogP) is 2.65. The predicted molar refractivity (Wildman–Crippen MR) is 90.3 cm³/mol. The van der Waals surface area contributed by atoms with Crippen molar-refractivity contribution in [3.63, 3.8) is 0 Å². The van der Waals surface area contributed by atoms with Gasteiger partial charge in [0.15, 0.2) is 10.3 Å². The van der Waals surface area contributed by atoms with Crippen LogP contribution in [0, 0.1) is 6.92 Å². The lowest BCUT2D eigenvalue weighted by Gasteiger charge is -2.04. The topological polar surface area (TPSA) is 54.2 Å². The van der Waals surface area contributed by atoms with Gasteiger partial charge >= 0.3 is 0 Å². The van der Waals surface area contributed by atoms with Crippen LogP contribution in [0.25, 0.3) is 5.69 Å². The van der Waals surface area contributed by atoms with E-state index in [0.717, 1.165) is 23.5 Å². The van der Waals surface area contributed by atoms with Crippen LogP contribution in [-0.2, 0) is 0 Å². The minimum Gasteiger partial charge on any atom is -0.362 e. The molecule has 1 aromatic heterocycles. The molecule has 2 N–H and O–H groups in total. The SMILES string of the molecule is CCNC(=S)NN=Cc1c(Cl)nn(-c2ccccc2)c1C. The summed E-state index contributed by atoms with van der Waals surface area (Å²) in [6.07, 6.45) is 1.62. The molecule has 1 heterocycles. The van der Waals surface area contributed by atoms with Crippen LogP contribution in [0.3, 0.4) is 0 Å². The number of para-hydroxylation sites is 1. The van der Waals surface area contributed by atoms with E-state index in [2.05, 4.69) is 20.9 Å². The molecule has 21 heavy (non-hydrogen) atoms. The quantitative estimate of drug-likeness (QED) is 0.516. The summed E-state index contributed by atoms with van der Waals surface area (Å²) in [5.41, 5.74) is 5.35. The number of hydrogen-bond acceptors (Lipinski definition) is 3. The zero-order chi connectivity index (χ0) is 15.2. The van der Waals surface area contributed by atoms with Gasteiger partial charge in [0.1, 0.15) is 0 Å². The van der Waals surface area contributed by atoms with Gasteiger partial charge in [-0.25, -0.2) is 4.68 Å². The average Bonchev–Trinajstić information content (AvgIpc) is 2.76. The number of aromatic nitrogens is 2. The number of nitrogens with one attached hydrogen (secondary N) is 2. The Bertz CT molecular complexity index is 651. The molecule has 0 spiro atoms. The second-order valence-corrected chi connectivity index (χ2v) is 5.03. The second kappa shape index (κ2) is 7.19. The van der Waals surface area contributed by atoms with E-state index in [1.165, 1.54) is 0 Å². The van der Waals surface area contributed by atoms with Crippen molar-refractivity contribution in [2.45, 2.75) is 13.8 Å². The fraction of sp³-hybridized carbons (Fsp3) is 0.214. The van der Waals surface area contributed by atoms with Gasteiger partial charge in [0.2, 0.25) is 0 Å². The molecule has 0 aliphatic heterocycles. The Morgan fingerprint density at radius 3 is 2.81 bits per heavy atom. The van der Waals surface area contributed by atoms with E-state index in [1.54, 1.807) is 10.9 Å². The van der Waals surface area contributed by atoms with Crippen molar-refractivity contribution in [1.29, 1.82) is 0 Å². The van der Waals surface area contributed by atoms with E-state index >= 15 is 0 Å². The summed E-state index contributed by atoms with van der Waals surface area (Å²) in [5.74, 6) is 0. The van der Waals surface area contributed by atoms with Crippen LogP contribution in [0.5, 0.6) is 0 Å². The molecule has 2 aromatic rings. The molecule has 0 saturated carbocycles. The highest BCUT2D eigenvalue weighted by atomic mass is 35.5. The molecule has 5 nitrogen and oxygen atoms in total. The van der Waals surface area contributed by atoms with Crippen LogP contribution in [0.15, 0.2) is 35.4 Å². The van der Waals surface area contributed by atoms with E-state index < -0.39 is 0 Å². The highest BCUT2D eigenvalue weighted by Gasteiger charge is 2.12. The molecule has 0 atom stereocenters. The molecule has 0 radical (unpaired) electrons. The van der Waals surface area contributed by atoms with E-state index in [9.17, 15) is 0 Å². The number of hydrazone groups is 1. The number of rotatable bonds is 4. The van der Waals surface area contributed by atoms with Gasteiger partial charge in [-0.15, -0.1) is 0 Å². The molecule has 0 unspecified atom stereocenters. The molecule has 0 amide bonds. The first kappa shape index (κ1) is 15.5. The van der Waals surface area contributed by atoms with Crippen molar-refractivity contribution in [2.75, 3.05) is 6.54 Å². The number of nitrogens with zero attached hydrogens (tertiary/aromatic N) is 3. The van der Waals surface area contributed by atoms with Crippen LogP contribution < -0.4 is 10.7 Å². The third-order valence-electron chi connectivity index (χ3n) is 2.82. The Kier molecular flexibility index (Phi) is 5.30. The van der Waals surface area contributed by atoms with Gasteiger partial charge in [-0.1, -0.05) is 29.8 Å². The first-order valence-corrected chi connectivity index (χ1v) is 7.29. The minimum absolute atomic E-state index is 0.399. The summed E-state index contributed by atoms with van der Waals surface area (Å²) in [7, 11) is 0. The maximum Gasteiger partial charge on any atom is 0.186 e.